The number of benzene rings is 1. The van der Waals surface area contributed by atoms with Crippen molar-refractivity contribution in [3.8, 4) is 12.1 Å². The Morgan fingerprint density at radius 2 is 1.90 bits per heavy atom. The second kappa shape index (κ2) is 7.48. The van der Waals surface area contributed by atoms with Crippen molar-refractivity contribution < 1.29 is 21.6 Å². The van der Waals surface area contributed by atoms with Gasteiger partial charge in [-0.25, -0.2) is 4.79 Å². The van der Waals surface area contributed by atoms with E-state index in [4.69, 9.17) is 15.6 Å². The van der Waals surface area contributed by atoms with Crippen LogP contribution in [0.2, 0.25) is 0 Å². The summed E-state index contributed by atoms with van der Waals surface area (Å²) in [6.45, 7) is 0.621. The predicted octanol–water partition coefficient (Wildman–Crippen LogP) is 4.80. The van der Waals surface area contributed by atoms with Gasteiger partial charge in [0.2, 0.25) is 0 Å². The van der Waals surface area contributed by atoms with E-state index in [0.717, 1.165) is 12.5 Å². The standard InChI is InChI=1S/C17H15F3N8O2S/c1-27-5-3-4-10-6-11(12(7-14(10)27)26-31(18,19,20)17(29)30)24-25-16-23-13(8-21)15(9-22)28(16)2/h6-7H,3-5H2,1-2H3,(H,29,30). The molecule has 0 fully saturated rings. The number of rotatable bonds is 3. The summed E-state index contributed by atoms with van der Waals surface area (Å²) in [5, 5.41) is 31.4. The average Bonchev–Trinajstić information content (AvgIpc) is 3.01. The lowest BCUT2D eigenvalue weighted by Gasteiger charge is -2.28. The third-order valence-electron chi connectivity index (χ3n) is 4.58. The number of imidazole rings is 1. The van der Waals surface area contributed by atoms with Crippen LogP contribution < -0.4 is 4.90 Å². The van der Waals surface area contributed by atoms with Crippen molar-refractivity contribution >= 4 is 38.4 Å². The molecule has 1 aromatic heterocycles. The van der Waals surface area contributed by atoms with Crippen LogP contribution in [0.1, 0.15) is 23.4 Å². The van der Waals surface area contributed by atoms with Crippen LogP contribution in [0.15, 0.2) is 26.7 Å². The van der Waals surface area contributed by atoms with Crippen molar-refractivity contribution in [1.29, 1.82) is 10.5 Å². The first-order valence-electron chi connectivity index (χ1n) is 8.68. The van der Waals surface area contributed by atoms with Gasteiger partial charge in [-0.2, -0.15) is 19.9 Å². The highest BCUT2D eigenvalue weighted by atomic mass is 32.4. The monoisotopic (exact) mass is 452 g/mol. The van der Waals surface area contributed by atoms with Crippen LogP contribution in [-0.4, -0.2) is 33.6 Å². The van der Waals surface area contributed by atoms with Gasteiger partial charge in [-0.1, -0.05) is 0 Å². The molecule has 1 aliphatic heterocycles. The Kier molecular flexibility index (Phi) is 5.29. The van der Waals surface area contributed by atoms with Gasteiger partial charge in [0, 0.05) is 26.3 Å². The second-order valence-electron chi connectivity index (χ2n) is 6.65. The van der Waals surface area contributed by atoms with Crippen LogP contribution in [0, 0.1) is 22.7 Å². The number of aromatic nitrogens is 2. The van der Waals surface area contributed by atoms with E-state index >= 15 is 0 Å². The van der Waals surface area contributed by atoms with Crippen molar-refractivity contribution in [2.45, 2.75) is 12.8 Å². The highest BCUT2D eigenvalue weighted by Gasteiger charge is 2.44. The molecule has 3 rings (SSSR count). The Morgan fingerprint density at radius 1 is 1.19 bits per heavy atom. The average molecular weight is 452 g/mol. The fraction of sp³-hybridized carbons (Fsp3) is 0.294. The first kappa shape index (κ1) is 21.9. The van der Waals surface area contributed by atoms with Crippen molar-refractivity contribution in [2.75, 3.05) is 18.5 Å². The molecule has 0 amide bonds. The lowest BCUT2D eigenvalue weighted by Crippen LogP contribution is -2.24. The number of nitriles is 2. The SMILES string of the molecule is CN1CCCc2cc(N=Nc3nc(C#N)c(C#N)n3C)c(N=S(F)(F)(F)C(=O)O)cc21. The van der Waals surface area contributed by atoms with Gasteiger partial charge < -0.3 is 14.6 Å². The van der Waals surface area contributed by atoms with E-state index in [0.29, 0.717) is 24.2 Å². The fourth-order valence-electron chi connectivity index (χ4n) is 3.03. The van der Waals surface area contributed by atoms with Crippen LogP contribution in [0.5, 0.6) is 0 Å². The third kappa shape index (κ3) is 4.10. The summed E-state index contributed by atoms with van der Waals surface area (Å²) < 4.78 is 45.5. The van der Waals surface area contributed by atoms with Gasteiger partial charge in [-0.3, -0.25) is 0 Å². The summed E-state index contributed by atoms with van der Waals surface area (Å²) in [6.07, 6.45) is 1.36. The first-order valence-corrected chi connectivity index (χ1v) is 10.4. The number of halogens is 3. The molecule has 2 aromatic rings. The molecular formula is C17H15F3N8O2S. The zero-order valence-electron chi connectivity index (χ0n) is 16.3. The number of nitrogens with zero attached hydrogens (tertiary/aromatic N) is 8. The predicted molar refractivity (Wildman–Crippen MR) is 106 cm³/mol. The number of hydrogen-bond donors (Lipinski definition) is 1. The molecule has 2 heterocycles. The van der Waals surface area contributed by atoms with Gasteiger partial charge in [-0.15, -0.1) is 21.9 Å². The number of carbonyl (C=O) groups is 1. The van der Waals surface area contributed by atoms with E-state index in [2.05, 4.69) is 19.6 Å². The van der Waals surface area contributed by atoms with Gasteiger partial charge in [0.1, 0.15) is 23.5 Å². The Labute approximate surface area is 174 Å². The third-order valence-corrected chi connectivity index (χ3v) is 5.63. The molecule has 0 atom stereocenters. The minimum absolute atomic E-state index is 0.0840. The molecule has 0 unspecified atom stereocenters. The van der Waals surface area contributed by atoms with Crippen molar-refractivity contribution in [2.24, 2.45) is 21.6 Å². The molecule has 1 aliphatic rings. The summed E-state index contributed by atoms with van der Waals surface area (Å²) in [7, 11) is -4.54. The maximum absolute atomic E-state index is 13.9. The van der Waals surface area contributed by atoms with Gasteiger partial charge in [0.15, 0.2) is 11.4 Å². The molecular weight excluding hydrogens is 437 g/mol. The number of hydrogen-bond acceptors (Lipinski definition) is 8. The number of aryl methyl sites for hydroxylation is 1. The molecule has 1 aromatic carbocycles. The lowest BCUT2D eigenvalue weighted by molar-refractivity contribution is 0.215. The number of azo groups is 1. The Hall–Kier alpha value is -3.78. The van der Waals surface area contributed by atoms with Crippen LogP contribution in [0.4, 0.5) is 39.5 Å². The maximum atomic E-state index is 13.9. The van der Waals surface area contributed by atoms with E-state index in [-0.39, 0.29) is 23.0 Å². The smallest absolute Gasteiger partial charge is 0.438 e. The van der Waals surface area contributed by atoms with Crippen LogP contribution in [0.3, 0.4) is 0 Å². The van der Waals surface area contributed by atoms with E-state index in [1.54, 1.807) is 24.1 Å². The first-order chi connectivity index (χ1) is 14.4. The van der Waals surface area contributed by atoms with Crippen LogP contribution in [-0.2, 0) is 23.6 Å². The Morgan fingerprint density at radius 3 is 2.48 bits per heavy atom. The Balaban J connectivity index is 2.21. The number of carboxylic acid groups (broad SMARTS) is 1. The molecule has 0 aliphatic carbocycles. The quantitative estimate of drug-likeness (QED) is 0.663. The minimum atomic E-state index is -7.65. The fourth-order valence-corrected chi connectivity index (χ4v) is 3.57. The second-order valence-corrected chi connectivity index (χ2v) is 8.59. The van der Waals surface area contributed by atoms with E-state index < -0.39 is 21.1 Å². The molecule has 0 spiro atoms. The molecule has 10 nitrogen and oxygen atoms in total. The minimum Gasteiger partial charge on any atom is -0.468 e. The molecule has 0 bridgehead atoms. The molecule has 14 heteroatoms. The van der Waals surface area contributed by atoms with Gasteiger partial charge in [0.25, 0.3) is 5.95 Å². The van der Waals surface area contributed by atoms with Crippen molar-refractivity contribution in [3.63, 3.8) is 0 Å². The number of anilines is 1. The van der Waals surface area contributed by atoms with E-state index in [1.807, 2.05) is 0 Å². The summed E-state index contributed by atoms with van der Waals surface area (Å²) in [6, 6.07) is 6.01. The molecule has 0 saturated heterocycles. The number of fused-ring (bicyclic) bond motifs is 1. The van der Waals surface area contributed by atoms with Crippen molar-refractivity contribution in [3.05, 3.63) is 29.1 Å². The summed E-state index contributed by atoms with van der Waals surface area (Å²) in [5.41, 5.74) is -0.0785. The molecule has 0 saturated carbocycles. The highest BCUT2D eigenvalue weighted by Crippen LogP contribution is 2.45. The van der Waals surface area contributed by atoms with Gasteiger partial charge >= 0.3 is 15.4 Å². The van der Waals surface area contributed by atoms with E-state index in [9.17, 15) is 16.5 Å². The molecule has 0 radical (unpaired) electrons. The van der Waals surface area contributed by atoms with Gasteiger partial charge in [-0.05, 0) is 30.5 Å². The highest BCUT2D eigenvalue weighted by molar-refractivity contribution is 8.21. The molecule has 31 heavy (non-hydrogen) atoms. The normalized spacial score (nSPS) is 14.9. The largest absolute Gasteiger partial charge is 0.468 e. The van der Waals surface area contributed by atoms with E-state index in [1.165, 1.54) is 17.7 Å². The van der Waals surface area contributed by atoms with Crippen molar-refractivity contribution in [1.82, 2.24) is 9.55 Å². The van der Waals surface area contributed by atoms with Crippen LogP contribution in [0.25, 0.3) is 0 Å². The topological polar surface area (TPSA) is 143 Å². The van der Waals surface area contributed by atoms with Gasteiger partial charge in [0.05, 0.1) is 0 Å². The zero-order valence-corrected chi connectivity index (χ0v) is 17.1. The molecule has 162 valence electrons. The molecule has 1 N–H and O–H groups in total. The lowest BCUT2D eigenvalue weighted by atomic mass is 10.0. The summed E-state index contributed by atoms with van der Waals surface area (Å²) >= 11 is 0. The van der Waals surface area contributed by atoms with Crippen LogP contribution >= 0.6 is 0 Å². The summed E-state index contributed by atoms with van der Waals surface area (Å²) in [5.74, 6) is -0.177. The maximum Gasteiger partial charge on any atom is 0.438 e. The zero-order chi connectivity index (χ0) is 23.0. The Bertz CT molecular complexity index is 1270. The summed E-state index contributed by atoms with van der Waals surface area (Å²) in [4.78, 5) is 16.4.